The van der Waals surface area contributed by atoms with Crippen LogP contribution in [0.25, 0.3) is 15.8 Å². The lowest BCUT2D eigenvalue weighted by atomic mass is 9.99. The van der Waals surface area contributed by atoms with Crippen LogP contribution in [0.2, 0.25) is 0 Å². The van der Waals surface area contributed by atoms with Gasteiger partial charge in [-0.1, -0.05) is 18.2 Å². The number of hydrogen-bond donors (Lipinski definition) is 1. The van der Waals surface area contributed by atoms with Crippen molar-refractivity contribution in [2.75, 3.05) is 0 Å². The van der Waals surface area contributed by atoms with E-state index < -0.39 is 5.54 Å². The Morgan fingerprint density at radius 2 is 2.13 bits per heavy atom. The number of allylic oxidation sites excluding steroid dienone is 4. The van der Waals surface area contributed by atoms with Crippen LogP contribution in [0, 0.1) is 17.1 Å². The van der Waals surface area contributed by atoms with Gasteiger partial charge in [0.05, 0.1) is 22.7 Å². The largest absolute Gasteiger partial charge is 0.424 e. The zero-order chi connectivity index (χ0) is 21.4. The van der Waals surface area contributed by atoms with Crippen LogP contribution in [0.4, 0.5) is 4.39 Å². The summed E-state index contributed by atoms with van der Waals surface area (Å²) in [6.45, 7) is 0. The number of hydrogen-bond acceptors (Lipinski definition) is 7. The van der Waals surface area contributed by atoms with Gasteiger partial charge >= 0.3 is 0 Å². The molecule has 5 rings (SSSR count). The fourth-order valence-electron chi connectivity index (χ4n) is 3.50. The molecule has 2 heterocycles. The predicted octanol–water partition coefficient (Wildman–Crippen LogP) is 3.86. The van der Waals surface area contributed by atoms with Crippen molar-refractivity contribution in [2.24, 2.45) is 0 Å². The molecule has 9 heteroatoms. The first kappa shape index (κ1) is 19.6. The van der Waals surface area contributed by atoms with Gasteiger partial charge in [0.25, 0.3) is 0 Å². The Bertz CT molecular complexity index is 1280. The van der Waals surface area contributed by atoms with Crippen LogP contribution in [-0.2, 0) is 17.6 Å². The number of rotatable bonds is 6. The lowest BCUT2D eigenvalue weighted by Gasteiger charge is -2.08. The molecule has 31 heavy (non-hydrogen) atoms. The summed E-state index contributed by atoms with van der Waals surface area (Å²) < 4.78 is 21.1. The van der Waals surface area contributed by atoms with E-state index in [9.17, 15) is 9.18 Å². The molecule has 0 spiro atoms. The lowest BCUT2D eigenvalue weighted by molar-refractivity contribution is -0.121. The second kappa shape index (κ2) is 7.71. The van der Waals surface area contributed by atoms with Crippen LogP contribution in [0.5, 0.6) is 0 Å². The molecule has 0 atom stereocenters. The van der Waals surface area contributed by atoms with Crippen molar-refractivity contribution in [3.63, 3.8) is 0 Å². The zero-order valence-corrected chi connectivity index (χ0v) is 17.3. The minimum atomic E-state index is -0.724. The summed E-state index contributed by atoms with van der Waals surface area (Å²) in [7, 11) is 0. The van der Waals surface area contributed by atoms with Crippen molar-refractivity contribution in [3.05, 3.63) is 58.5 Å². The van der Waals surface area contributed by atoms with E-state index in [1.807, 2.05) is 18.2 Å². The Morgan fingerprint density at radius 3 is 2.87 bits per heavy atom. The fourth-order valence-corrected chi connectivity index (χ4v) is 4.48. The number of nitrogens with one attached hydrogen (secondary N) is 1. The van der Waals surface area contributed by atoms with Gasteiger partial charge in [0.2, 0.25) is 17.7 Å². The highest BCUT2D eigenvalue weighted by Gasteiger charge is 2.44. The third-order valence-corrected chi connectivity index (χ3v) is 6.31. The molecule has 2 aliphatic carbocycles. The van der Waals surface area contributed by atoms with Gasteiger partial charge in [0, 0.05) is 11.6 Å². The van der Waals surface area contributed by atoms with Gasteiger partial charge in [-0.25, -0.2) is 9.37 Å². The normalized spacial score (nSPS) is 16.7. The SMILES string of the molecule is N#CC1(NC(=O)Cc2nnc(Cc3nc4cc(F)c(C5=CCCC=C5)cc4s3)o2)CC1. The summed E-state index contributed by atoms with van der Waals surface area (Å²) in [6.07, 6.45) is 9.49. The minimum Gasteiger partial charge on any atom is -0.424 e. The lowest BCUT2D eigenvalue weighted by Crippen LogP contribution is -2.36. The van der Waals surface area contributed by atoms with Gasteiger partial charge in [-0.05, 0) is 37.3 Å². The van der Waals surface area contributed by atoms with Crippen LogP contribution in [0.3, 0.4) is 0 Å². The van der Waals surface area contributed by atoms with E-state index in [0.717, 1.165) is 28.1 Å². The van der Waals surface area contributed by atoms with E-state index in [0.29, 0.717) is 36.2 Å². The number of nitrogens with zero attached hydrogens (tertiary/aromatic N) is 4. The van der Waals surface area contributed by atoms with Gasteiger partial charge < -0.3 is 9.73 Å². The molecule has 1 aromatic carbocycles. The van der Waals surface area contributed by atoms with Crippen molar-refractivity contribution in [1.82, 2.24) is 20.5 Å². The van der Waals surface area contributed by atoms with Crippen LogP contribution < -0.4 is 5.32 Å². The predicted molar refractivity (Wildman–Crippen MR) is 112 cm³/mol. The van der Waals surface area contributed by atoms with Gasteiger partial charge in [-0.2, -0.15) is 5.26 Å². The first-order chi connectivity index (χ1) is 15.0. The van der Waals surface area contributed by atoms with E-state index >= 15 is 0 Å². The number of carbonyl (C=O) groups excluding carboxylic acids is 1. The number of carbonyl (C=O) groups is 1. The summed E-state index contributed by atoms with van der Waals surface area (Å²) >= 11 is 1.45. The maximum Gasteiger partial charge on any atom is 0.230 e. The highest BCUT2D eigenvalue weighted by Crippen LogP contribution is 2.34. The first-order valence-electron chi connectivity index (χ1n) is 10.0. The fraction of sp³-hybridized carbons (Fsp3) is 0.318. The van der Waals surface area contributed by atoms with Crippen LogP contribution in [0.15, 0.2) is 34.8 Å². The number of nitriles is 1. The molecule has 2 aromatic heterocycles. The van der Waals surface area contributed by atoms with Crippen molar-refractivity contribution >= 4 is 33.0 Å². The Kier molecular flexibility index (Phi) is 4.87. The average molecular weight is 435 g/mol. The Labute approximate surface area is 181 Å². The minimum absolute atomic E-state index is 0.0759. The molecule has 2 aliphatic rings. The van der Waals surface area contributed by atoms with E-state index in [2.05, 4.69) is 32.6 Å². The van der Waals surface area contributed by atoms with E-state index in [4.69, 9.17) is 9.68 Å². The Morgan fingerprint density at radius 1 is 1.29 bits per heavy atom. The molecule has 1 saturated carbocycles. The van der Waals surface area contributed by atoms with Crippen molar-refractivity contribution in [3.8, 4) is 6.07 Å². The first-order valence-corrected chi connectivity index (χ1v) is 10.8. The Hall–Kier alpha value is -3.38. The number of thiazole rings is 1. The highest BCUT2D eigenvalue weighted by molar-refractivity contribution is 7.18. The molecule has 1 fully saturated rings. The summed E-state index contributed by atoms with van der Waals surface area (Å²) in [6, 6.07) is 5.40. The van der Waals surface area contributed by atoms with Crippen molar-refractivity contribution in [2.45, 2.75) is 44.1 Å². The molecular weight excluding hydrogens is 417 g/mol. The second-order valence-corrected chi connectivity index (χ2v) is 8.85. The van der Waals surface area contributed by atoms with Crippen LogP contribution >= 0.6 is 11.3 Å². The summed E-state index contributed by atoms with van der Waals surface area (Å²) in [5.41, 5.74) is 1.34. The molecule has 0 radical (unpaired) electrons. The van der Waals surface area contributed by atoms with Gasteiger partial charge in [-0.3, -0.25) is 4.79 Å². The quantitative estimate of drug-likeness (QED) is 0.630. The van der Waals surface area contributed by atoms with Gasteiger partial charge in [0.1, 0.15) is 22.8 Å². The van der Waals surface area contributed by atoms with Crippen molar-refractivity contribution < 1.29 is 13.6 Å². The topological polar surface area (TPSA) is 105 Å². The summed E-state index contributed by atoms with van der Waals surface area (Å²) in [5, 5.41) is 20.4. The molecule has 0 aliphatic heterocycles. The number of halogens is 1. The summed E-state index contributed by atoms with van der Waals surface area (Å²) in [5.74, 6) is -0.0871. The number of benzene rings is 1. The van der Waals surface area contributed by atoms with E-state index in [1.54, 1.807) is 0 Å². The molecule has 1 N–H and O–H groups in total. The summed E-state index contributed by atoms with van der Waals surface area (Å²) in [4.78, 5) is 16.6. The van der Waals surface area contributed by atoms with Crippen molar-refractivity contribution in [1.29, 1.82) is 5.26 Å². The molecule has 0 unspecified atom stereocenters. The number of fused-ring (bicyclic) bond motifs is 1. The van der Waals surface area contributed by atoms with Gasteiger partial charge in [0.15, 0.2) is 0 Å². The van der Waals surface area contributed by atoms with Gasteiger partial charge in [-0.15, -0.1) is 21.5 Å². The standard InChI is InChI=1S/C22H18FN5O2S/c23-15-9-16-17(8-14(15)13-4-2-1-3-5-13)31-21(25-16)11-20-28-27-19(30-20)10-18(29)26-22(12-24)6-7-22/h2,4-5,8-9H,1,3,6-7,10-11H2,(H,26,29). The van der Waals surface area contributed by atoms with E-state index in [-0.39, 0.29) is 24.0 Å². The third-order valence-electron chi connectivity index (χ3n) is 5.29. The molecule has 7 nitrogen and oxygen atoms in total. The second-order valence-electron chi connectivity index (χ2n) is 7.73. The van der Waals surface area contributed by atoms with Crippen LogP contribution in [-0.4, -0.2) is 26.6 Å². The maximum atomic E-state index is 14.6. The third kappa shape index (κ3) is 4.11. The Balaban J connectivity index is 1.30. The molecule has 0 saturated heterocycles. The molecule has 3 aromatic rings. The van der Waals surface area contributed by atoms with E-state index in [1.165, 1.54) is 17.4 Å². The average Bonchev–Trinajstić information content (AvgIpc) is 3.21. The number of aromatic nitrogens is 3. The molecular formula is C22H18FN5O2S. The molecule has 0 bridgehead atoms. The highest BCUT2D eigenvalue weighted by atomic mass is 32.1. The number of amides is 1. The smallest absolute Gasteiger partial charge is 0.230 e. The monoisotopic (exact) mass is 435 g/mol. The zero-order valence-electron chi connectivity index (χ0n) is 16.5. The molecule has 156 valence electrons. The maximum absolute atomic E-state index is 14.6. The molecule has 1 amide bonds. The van der Waals surface area contributed by atoms with Crippen LogP contribution in [0.1, 0.15) is 48.0 Å².